The van der Waals surface area contributed by atoms with Crippen LogP contribution in [0.5, 0.6) is 0 Å². The van der Waals surface area contributed by atoms with Gasteiger partial charge in [0.05, 0.1) is 12.5 Å². The number of methoxy groups -OCH3 is 1. The molecule has 0 amide bonds. The van der Waals surface area contributed by atoms with Crippen molar-refractivity contribution in [1.29, 1.82) is 0 Å². The molecular weight excluding hydrogens is 433 g/mol. The molecule has 0 aliphatic heterocycles. The van der Waals surface area contributed by atoms with Gasteiger partial charge in [-0.05, 0) is 6.07 Å². The highest BCUT2D eigenvalue weighted by Gasteiger charge is 2.23. The summed E-state index contributed by atoms with van der Waals surface area (Å²) in [5.41, 5.74) is 0.179. The molecule has 0 N–H and O–H groups in total. The summed E-state index contributed by atoms with van der Waals surface area (Å²) in [7, 11) is 1.21. The van der Waals surface area contributed by atoms with Crippen molar-refractivity contribution >= 4 is 75.4 Å². The number of pyridine rings is 1. The summed E-state index contributed by atoms with van der Waals surface area (Å²) in [5.74, 6) is -1.42. The van der Waals surface area contributed by atoms with Crippen LogP contribution in [0.2, 0.25) is 10.2 Å². The number of carbonyl (C=O) groups excluding carboxylic acids is 1. The van der Waals surface area contributed by atoms with Crippen molar-refractivity contribution in [3.05, 3.63) is 27.8 Å². The average molecular weight is 437 g/mol. The lowest BCUT2D eigenvalue weighted by atomic mass is 10.3. The number of rotatable bonds is 3. The van der Waals surface area contributed by atoms with Gasteiger partial charge in [0.1, 0.15) is 46.0 Å². The second kappa shape index (κ2) is 6.00. The number of nitrogens with zero attached hydrogens (tertiary/aromatic N) is 2. The molecule has 2 aromatic heterocycles. The number of halogens is 4. The summed E-state index contributed by atoms with van der Waals surface area (Å²) in [5, 5.41) is -0.449. The zero-order valence-corrected chi connectivity index (χ0v) is 13.6. The second-order valence-corrected chi connectivity index (χ2v) is 5.68. The molecule has 10 heteroatoms. The van der Waals surface area contributed by atoms with Gasteiger partial charge in [0, 0.05) is 0 Å². The number of hydrogen-bond acceptors (Lipinski definition) is 5. The largest absolute Gasteiger partial charge is 0.464 e. The van der Waals surface area contributed by atoms with Crippen LogP contribution in [0.3, 0.4) is 0 Å². The molecule has 0 aliphatic carbocycles. The maximum Gasteiger partial charge on any atom is 0.355 e. The maximum atomic E-state index is 14.0. The lowest BCUT2D eigenvalue weighted by Gasteiger charge is -2.04. The molecule has 5 nitrogen and oxygen atoms in total. The molecular formula is C9H4Cl2FIN2O3S. The molecule has 2 heterocycles. The van der Waals surface area contributed by atoms with Crippen LogP contribution in [0.15, 0.2) is 6.07 Å². The van der Waals surface area contributed by atoms with E-state index in [1.54, 1.807) is 23.0 Å². The van der Waals surface area contributed by atoms with Gasteiger partial charge in [0.15, 0.2) is 16.6 Å². The number of esters is 1. The summed E-state index contributed by atoms with van der Waals surface area (Å²) in [6.07, 6.45) is 0. The van der Waals surface area contributed by atoms with Gasteiger partial charge in [-0.1, -0.05) is 23.2 Å². The Bertz CT molecular complexity index is 667. The van der Waals surface area contributed by atoms with Crippen molar-refractivity contribution in [1.82, 2.24) is 8.96 Å². The molecule has 0 atom stereocenters. The second-order valence-electron chi connectivity index (χ2n) is 3.22. The van der Waals surface area contributed by atoms with Crippen molar-refractivity contribution in [3.63, 3.8) is 0 Å². The van der Waals surface area contributed by atoms with E-state index in [0.29, 0.717) is 0 Å². The SMILES string of the molecule is COC(=O)c1cc2c(F)c(Cl)c(Cl)nc2n1SOI. The Morgan fingerprint density at radius 2 is 2.26 bits per heavy atom. The highest BCUT2D eigenvalue weighted by molar-refractivity contribution is 14.1. The lowest BCUT2D eigenvalue weighted by Crippen LogP contribution is -2.06. The van der Waals surface area contributed by atoms with Gasteiger partial charge in [-0.15, -0.1) is 0 Å². The zero-order chi connectivity index (χ0) is 14.2. The molecule has 102 valence electrons. The van der Waals surface area contributed by atoms with Crippen LogP contribution in [0, 0.1) is 5.82 Å². The quantitative estimate of drug-likeness (QED) is 0.314. The fraction of sp³-hybridized carbons (Fsp3) is 0.111. The normalized spacial score (nSPS) is 11.0. The highest BCUT2D eigenvalue weighted by atomic mass is 127. The molecule has 2 rings (SSSR count). The molecule has 0 bridgehead atoms. The molecule has 0 radical (unpaired) electrons. The van der Waals surface area contributed by atoms with Gasteiger partial charge in [0.25, 0.3) is 0 Å². The van der Waals surface area contributed by atoms with E-state index in [2.05, 4.69) is 9.72 Å². The monoisotopic (exact) mass is 436 g/mol. The Hall–Kier alpha value is -0.290. The smallest absolute Gasteiger partial charge is 0.355 e. The Kier molecular flexibility index (Phi) is 4.77. The molecule has 0 aliphatic rings. The standard InChI is InChI=1S/C9H4Cl2FIN2O3S/c1-17-9(16)4-2-3-6(12)5(10)7(11)14-8(3)15(4)19-18-13/h2H,1H3. The van der Waals surface area contributed by atoms with E-state index in [1.807, 2.05) is 0 Å². The third kappa shape index (κ3) is 2.64. The van der Waals surface area contributed by atoms with Crippen LogP contribution < -0.4 is 0 Å². The molecule has 0 unspecified atom stereocenters. The molecule has 19 heavy (non-hydrogen) atoms. The van der Waals surface area contributed by atoms with Crippen molar-refractivity contribution in [2.75, 3.05) is 7.11 Å². The van der Waals surface area contributed by atoms with Crippen LogP contribution in [-0.4, -0.2) is 22.0 Å². The topological polar surface area (TPSA) is 53.3 Å². The van der Waals surface area contributed by atoms with E-state index in [1.165, 1.54) is 17.1 Å². The summed E-state index contributed by atoms with van der Waals surface area (Å²) in [6.45, 7) is 0. The van der Waals surface area contributed by atoms with Gasteiger partial charge in [-0.25, -0.2) is 20.7 Å². The van der Waals surface area contributed by atoms with Gasteiger partial charge in [0.2, 0.25) is 0 Å². The first-order chi connectivity index (χ1) is 9.01. The van der Waals surface area contributed by atoms with E-state index in [0.717, 1.165) is 12.2 Å². The first-order valence-electron chi connectivity index (χ1n) is 4.61. The van der Waals surface area contributed by atoms with Crippen LogP contribution in [0.1, 0.15) is 10.5 Å². The first kappa shape index (κ1) is 15.1. The lowest BCUT2D eigenvalue weighted by molar-refractivity contribution is 0.0593. The highest BCUT2D eigenvalue weighted by Crippen LogP contribution is 2.33. The van der Waals surface area contributed by atoms with Gasteiger partial charge >= 0.3 is 5.97 Å². The number of hydrogen-bond donors (Lipinski definition) is 0. The molecule has 0 aromatic carbocycles. The Morgan fingerprint density at radius 3 is 2.84 bits per heavy atom. The zero-order valence-electron chi connectivity index (χ0n) is 9.12. The van der Waals surface area contributed by atoms with Crippen molar-refractivity contribution in [2.24, 2.45) is 0 Å². The van der Waals surface area contributed by atoms with E-state index < -0.39 is 11.8 Å². The third-order valence-electron chi connectivity index (χ3n) is 2.24. The molecule has 0 saturated carbocycles. The van der Waals surface area contributed by atoms with E-state index in [-0.39, 0.29) is 26.9 Å². The summed E-state index contributed by atoms with van der Waals surface area (Å²) in [4.78, 5) is 15.6. The average Bonchev–Trinajstić information content (AvgIpc) is 2.75. The Balaban J connectivity index is 2.80. The van der Waals surface area contributed by atoms with Crippen LogP contribution >= 0.6 is 58.4 Å². The van der Waals surface area contributed by atoms with Crippen LogP contribution in [0.25, 0.3) is 11.0 Å². The van der Waals surface area contributed by atoms with Gasteiger partial charge < -0.3 is 4.74 Å². The van der Waals surface area contributed by atoms with E-state index >= 15 is 0 Å². The van der Waals surface area contributed by atoms with Gasteiger partial charge in [-0.2, -0.15) is 0 Å². The number of fused-ring (bicyclic) bond motifs is 1. The molecule has 0 spiro atoms. The van der Waals surface area contributed by atoms with Crippen LogP contribution in [0.4, 0.5) is 4.39 Å². The number of aromatic nitrogens is 2. The fourth-order valence-corrected chi connectivity index (χ4v) is 2.71. The molecule has 2 aromatic rings. The summed E-state index contributed by atoms with van der Waals surface area (Å²) < 4.78 is 24.7. The minimum Gasteiger partial charge on any atom is -0.464 e. The molecule has 0 saturated heterocycles. The van der Waals surface area contributed by atoms with Crippen molar-refractivity contribution in [3.8, 4) is 0 Å². The number of carbonyl (C=O) groups is 1. The molecule has 0 fully saturated rings. The Labute approximate surface area is 135 Å². The summed E-state index contributed by atoms with van der Waals surface area (Å²) >= 11 is 13.8. The minimum absolute atomic E-state index is 0.0516. The maximum absolute atomic E-state index is 14.0. The van der Waals surface area contributed by atoms with Crippen LogP contribution in [-0.2, 0) is 7.25 Å². The van der Waals surface area contributed by atoms with E-state index in [4.69, 9.17) is 25.7 Å². The predicted molar refractivity (Wildman–Crippen MR) is 79.1 cm³/mol. The van der Waals surface area contributed by atoms with E-state index in [9.17, 15) is 9.18 Å². The number of ether oxygens (including phenoxy) is 1. The summed E-state index contributed by atoms with van der Waals surface area (Å²) in [6, 6.07) is 1.27. The Morgan fingerprint density at radius 1 is 1.58 bits per heavy atom. The fourth-order valence-electron chi connectivity index (χ4n) is 1.45. The van der Waals surface area contributed by atoms with Crippen molar-refractivity contribution < 1.29 is 16.4 Å². The van der Waals surface area contributed by atoms with Crippen molar-refractivity contribution in [2.45, 2.75) is 0 Å². The minimum atomic E-state index is -0.755. The van der Waals surface area contributed by atoms with Gasteiger partial charge in [-0.3, -0.25) is 0 Å². The first-order valence-corrected chi connectivity index (χ1v) is 6.94. The predicted octanol–water partition coefficient (Wildman–Crippen LogP) is 4.05. The third-order valence-corrected chi connectivity index (χ3v) is 4.02.